The molecule has 0 unspecified atom stereocenters. The molecule has 0 atom stereocenters. The molecule has 0 bridgehead atoms. The normalized spacial score (nSPS) is 28.8. The van der Waals surface area contributed by atoms with E-state index >= 15 is 0 Å². The van der Waals surface area contributed by atoms with Crippen molar-refractivity contribution in [2.75, 3.05) is 0 Å². The summed E-state index contributed by atoms with van der Waals surface area (Å²) >= 11 is 0. The van der Waals surface area contributed by atoms with Gasteiger partial charge in [0, 0.05) is 0 Å². The molecule has 0 aromatic carbocycles. The SMILES string of the molecule is [CH]1/C=C\C=C\C/C=C\CC1. The van der Waals surface area contributed by atoms with Crippen molar-refractivity contribution in [2.45, 2.75) is 19.3 Å². The monoisotopic (exact) mass is 133 g/mol. The fourth-order valence-corrected chi connectivity index (χ4v) is 0.881. The first kappa shape index (κ1) is 7.33. The van der Waals surface area contributed by atoms with Crippen molar-refractivity contribution in [3.8, 4) is 0 Å². The highest BCUT2D eigenvalue weighted by molar-refractivity contribution is 5.10. The fraction of sp³-hybridized carbons (Fsp3) is 0.300. The Morgan fingerprint density at radius 1 is 0.700 bits per heavy atom. The molecule has 1 rings (SSSR count). The molecule has 0 nitrogen and oxygen atoms in total. The van der Waals surface area contributed by atoms with Gasteiger partial charge in [-0.2, -0.15) is 0 Å². The van der Waals surface area contributed by atoms with E-state index < -0.39 is 0 Å². The molecule has 0 N–H and O–H groups in total. The van der Waals surface area contributed by atoms with Gasteiger partial charge in [0.2, 0.25) is 0 Å². The summed E-state index contributed by atoms with van der Waals surface area (Å²) in [5.74, 6) is 0. The Morgan fingerprint density at radius 3 is 2.70 bits per heavy atom. The third-order valence-corrected chi connectivity index (χ3v) is 1.43. The second-order valence-corrected chi connectivity index (χ2v) is 2.33. The van der Waals surface area contributed by atoms with Crippen molar-refractivity contribution in [1.29, 1.82) is 0 Å². The topological polar surface area (TPSA) is 0 Å². The number of rotatable bonds is 0. The maximum absolute atomic E-state index is 2.24. The first-order chi connectivity index (χ1) is 5.00. The lowest BCUT2D eigenvalue weighted by molar-refractivity contribution is 0.997. The predicted octanol–water partition coefficient (Wildman–Crippen LogP) is 3.04. The lowest BCUT2D eigenvalue weighted by Crippen LogP contribution is -1.71. The van der Waals surface area contributed by atoms with Crippen LogP contribution in [0.25, 0.3) is 0 Å². The maximum Gasteiger partial charge on any atom is -0.0164 e. The minimum absolute atomic E-state index is 1.07. The van der Waals surface area contributed by atoms with E-state index in [-0.39, 0.29) is 0 Å². The van der Waals surface area contributed by atoms with E-state index in [1.807, 2.05) is 0 Å². The highest BCUT2D eigenvalue weighted by Gasteiger charge is 1.81. The van der Waals surface area contributed by atoms with Gasteiger partial charge >= 0.3 is 0 Å². The summed E-state index contributed by atoms with van der Waals surface area (Å²) in [6, 6.07) is 0. The van der Waals surface area contributed by atoms with Crippen LogP contribution in [0.1, 0.15) is 19.3 Å². The Kier molecular flexibility index (Phi) is 3.69. The zero-order chi connectivity index (χ0) is 7.07. The molecule has 0 fully saturated rings. The van der Waals surface area contributed by atoms with Crippen LogP contribution in [0, 0.1) is 6.42 Å². The summed E-state index contributed by atoms with van der Waals surface area (Å²) in [4.78, 5) is 0. The second kappa shape index (κ2) is 5.04. The zero-order valence-corrected chi connectivity index (χ0v) is 6.16. The average molecular weight is 133 g/mol. The summed E-state index contributed by atoms with van der Waals surface area (Å²) in [6.07, 6.45) is 18.5. The van der Waals surface area contributed by atoms with E-state index in [1.165, 1.54) is 12.8 Å². The molecule has 0 heterocycles. The molecule has 0 saturated heterocycles. The van der Waals surface area contributed by atoms with Crippen LogP contribution in [0.5, 0.6) is 0 Å². The molecular formula is C10H13. The first-order valence-electron chi connectivity index (χ1n) is 3.80. The summed E-state index contributed by atoms with van der Waals surface area (Å²) in [7, 11) is 0. The summed E-state index contributed by atoms with van der Waals surface area (Å²) in [5.41, 5.74) is 0. The van der Waals surface area contributed by atoms with Crippen molar-refractivity contribution >= 4 is 0 Å². The molecule has 0 amide bonds. The molecule has 0 aromatic rings. The van der Waals surface area contributed by atoms with Crippen LogP contribution in [-0.2, 0) is 0 Å². The average Bonchev–Trinajstić information content (AvgIpc) is 2.01. The Morgan fingerprint density at radius 2 is 1.70 bits per heavy atom. The highest BCUT2D eigenvalue weighted by atomic mass is 13.9. The third-order valence-electron chi connectivity index (χ3n) is 1.43. The van der Waals surface area contributed by atoms with Crippen LogP contribution in [0.2, 0.25) is 0 Å². The van der Waals surface area contributed by atoms with Crippen LogP contribution < -0.4 is 0 Å². The number of allylic oxidation sites excluding steroid dienone is 6. The molecule has 1 aliphatic carbocycles. The van der Waals surface area contributed by atoms with Crippen LogP contribution in [-0.4, -0.2) is 0 Å². The Balaban J connectivity index is 2.38. The fourth-order valence-electron chi connectivity index (χ4n) is 0.881. The summed E-state index contributed by atoms with van der Waals surface area (Å²) < 4.78 is 0. The molecule has 0 heteroatoms. The molecule has 53 valence electrons. The lowest BCUT2D eigenvalue weighted by Gasteiger charge is -1.90. The van der Waals surface area contributed by atoms with Crippen LogP contribution in [0.15, 0.2) is 36.5 Å². The van der Waals surface area contributed by atoms with Gasteiger partial charge < -0.3 is 0 Å². The molecule has 0 saturated carbocycles. The quantitative estimate of drug-likeness (QED) is 0.445. The third kappa shape index (κ3) is 3.29. The van der Waals surface area contributed by atoms with E-state index in [1.54, 1.807) is 0 Å². The van der Waals surface area contributed by atoms with E-state index in [0.717, 1.165) is 6.42 Å². The van der Waals surface area contributed by atoms with E-state index in [0.29, 0.717) is 0 Å². The van der Waals surface area contributed by atoms with Gasteiger partial charge in [0.05, 0.1) is 0 Å². The van der Waals surface area contributed by atoms with Gasteiger partial charge in [-0.15, -0.1) is 0 Å². The number of hydrogen-bond acceptors (Lipinski definition) is 0. The van der Waals surface area contributed by atoms with Gasteiger partial charge in [0.25, 0.3) is 0 Å². The Labute approximate surface area is 62.9 Å². The molecule has 10 heavy (non-hydrogen) atoms. The van der Waals surface area contributed by atoms with Gasteiger partial charge in [-0.1, -0.05) is 36.5 Å². The standard InChI is InChI=1S/C10H13/c1-2-4-6-8-10-9-7-5-3-1/h1-5,8,10H,6-7,9H2/b3-1-,4-2+,10-8-. The Bertz CT molecular complexity index is 149. The van der Waals surface area contributed by atoms with Crippen molar-refractivity contribution < 1.29 is 0 Å². The predicted molar refractivity (Wildman–Crippen MR) is 45.6 cm³/mol. The van der Waals surface area contributed by atoms with Gasteiger partial charge in [-0.25, -0.2) is 0 Å². The molecule has 0 spiro atoms. The van der Waals surface area contributed by atoms with Crippen molar-refractivity contribution in [3.05, 3.63) is 42.9 Å². The molecule has 0 aliphatic heterocycles. The molecular weight excluding hydrogens is 120 g/mol. The lowest BCUT2D eigenvalue weighted by atomic mass is 10.2. The zero-order valence-electron chi connectivity index (χ0n) is 6.16. The highest BCUT2D eigenvalue weighted by Crippen LogP contribution is 2.00. The van der Waals surface area contributed by atoms with Crippen LogP contribution >= 0.6 is 0 Å². The van der Waals surface area contributed by atoms with Gasteiger partial charge in [0.1, 0.15) is 0 Å². The van der Waals surface area contributed by atoms with E-state index in [2.05, 4.69) is 42.9 Å². The van der Waals surface area contributed by atoms with Gasteiger partial charge in [-0.05, 0) is 25.7 Å². The van der Waals surface area contributed by atoms with Crippen LogP contribution in [0.3, 0.4) is 0 Å². The summed E-state index contributed by atoms with van der Waals surface area (Å²) in [6.45, 7) is 0. The Hall–Kier alpha value is -0.780. The minimum atomic E-state index is 1.07. The number of hydrogen-bond donors (Lipinski definition) is 0. The van der Waals surface area contributed by atoms with E-state index in [4.69, 9.17) is 0 Å². The maximum atomic E-state index is 2.24. The molecule has 1 radical (unpaired) electrons. The smallest absolute Gasteiger partial charge is 0.0164 e. The van der Waals surface area contributed by atoms with Gasteiger partial charge in [0.15, 0.2) is 0 Å². The van der Waals surface area contributed by atoms with Crippen molar-refractivity contribution in [3.63, 3.8) is 0 Å². The van der Waals surface area contributed by atoms with Crippen LogP contribution in [0.4, 0.5) is 0 Å². The summed E-state index contributed by atoms with van der Waals surface area (Å²) in [5, 5.41) is 0. The first-order valence-corrected chi connectivity index (χ1v) is 3.80. The molecule has 1 aliphatic rings. The van der Waals surface area contributed by atoms with Crippen molar-refractivity contribution in [1.82, 2.24) is 0 Å². The van der Waals surface area contributed by atoms with Gasteiger partial charge in [-0.3, -0.25) is 0 Å². The second-order valence-electron chi connectivity index (χ2n) is 2.33. The molecule has 0 aromatic heterocycles. The van der Waals surface area contributed by atoms with E-state index in [9.17, 15) is 0 Å². The minimum Gasteiger partial charge on any atom is -0.0882 e. The van der Waals surface area contributed by atoms with Crippen molar-refractivity contribution in [2.24, 2.45) is 0 Å². The largest absolute Gasteiger partial charge is 0.0882 e.